The van der Waals surface area contributed by atoms with Crippen molar-refractivity contribution in [2.75, 3.05) is 12.3 Å². The zero-order chi connectivity index (χ0) is 18.8. The maximum absolute atomic E-state index is 12.6. The van der Waals surface area contributed by atoms with E-state index in [0.29, 0.717) is 16.4 Å². The second kappa shape index (κ2) is 7.58. The molecule has 27 heavy (non-hydrogen) atoms. The van der Waals surface area contributed by atoms with Crippen molar-refractivity contribution in [1.29, 1.82) is 0 Å². The fourth-order valence-corrected chi connectivity index (χ4v) is 4.78. The van der Waals surface area contributed by atoms with Crippen LogP contribution in [0.4, 0.5) is 0 Å². The van der Waals surface area contributed by atoms with E-state index in [4.69, 9.17) is 4.84 Å². The molecule has 0 saturated heterocycles. The van der Waals surface area contributed by atoms with Crippen molar-refractivity contribution in [3.63, 3.8) is 0 Å². The standard InChI is InChI=1S/C19H14N2O4S2/c22-16-14-7-3-4-8-15(14)17(23)21(16)25-18(24)13-6-2-1-5-12(13)11-27-19-20-9-10-26-19/h1-8H,9-11H2. The Morgan fingerprint density at radius 2 is 1.74 bits per heavy atom. The normalized spacial score (nSPS) is 15.7. The van der Waals surface area contributed by atoms with Crippen LogP contribution in [0.25, 0.3) is 0 Å². The Kier molecular flexibility index (Phi) is 5.00. The van der Waals surface area contributed by atoms with E-state index in [9.17, 15) is 14.4 Å². The van der Waals surface area contributed by atoms with Gasteiger partial charge in [0.05, 0.1) is 23.2 Å². The summed E-state index contributed by atoms with van der Waals surface area (Å²) in [6.45, 7) is 0.816. The summed E-state index contributed by atoms with van der Waals surface area (Å²) in [5.74, 6) is -0.466. The molecule has 0 aromatic heterocycles. The number of carbonyl (C=O) groups is 3. The van der Waals surface area contributed by atoms with Crippen molar-refractivity contribution < 1.29 is 19.2 Å². The number of benzene rings is 2. The molecule has 8 heteroatoms. The molecule has 0 aliphatic carbocycles. The first-order valence-electron chi connectivity index (χ1n) is 8.23. The van der Waals surface area contributed by atoms with Crippen molar-refractivity contribution in [2.24, 2.45) is 4.99 Å². The Morgan fingerprint density at radius 1 is 1.07 bits per heavy atom. The second-order valence-corrected chi connectivity index (χ2v) is 8.08. The molecule has 6 nitrogen and oxygen atoms in total. The van der Waals surface area contributed by atoms with Crippen LogP contribution in [-0.4, -0.2) is 39.5 Å². The molecule has 0 unspecified atom stereocenters. The lowest BCUT2D eigenvalue weighted by Gasteiger charge is -2.14. The fraction of sp³-hybridized carbons (Fsp3) is 0.158. The first-order chi connectivity index (χ1) is 13.1. The minimum Gasteiger partial charge on any atom is -0.324 e. The number of hydrogen-bond acceptors (Lipinski definition) is 7. The number of thioether (sulfide) groups is 2. The number of fused-ring (bicyclic) bond motifs is 1. The summed E-state index contributed by atoms with van der Waals surface area (Å²) >= 11 is 3.25. The van der Waals surface area contributed by atoms with Gasteiger partial charge in [0.15, 0.2) is 0 Å². The summed E-state index contributed by atoms with van der Waals surface area (Å²) < 4.78 is 0.999. The van der Waals surface area contributed by atoms with Crippen LogP contribution in [0, 0.1) is 0 Å². The Bertz CT molecular complexity index is 939. The van der Waals surface area contributed by atoms with E-state index >= 15 is 0 Å². The van der Waals surface area contributed by atoms with Gasteiger partial charge in [0.25, 0.3) is 11.8 Å². The lowest BCUT2D eigenvalue weighted by atomic mass is 10.1. The monoisotopic (exact) mass is 398 g/mol. The third-order valence-corrected chi connectivity index (χ3v) is 6.38. The molecule has 4 rings (SSSR count). The maximum atomic E-state index is 12.6. The molecule has 2 aromatic rings. The van der Waals surface area contributed by atoms with E-state index in [1.165, 1.54) is 12.1 Å². The van der Waals surface area contributed by atoms with Crippen LogP contribution in [0.1, 0.15) is 36.6 Å². The first-order valence-corrected chi connectivity index (χ1v) is 10.2. The van der Waals surface area contributed by atoms with E-state index in [1.807, 2.05) is 12.1 Å². The average molecular weight is 398 g/mol. The van der Waals surface area contributed by atoms with Gasteiger partial charge in [0.1, 0.15) is 4.38 Å². The third kappa shape index (κ3) is 3.50. The minimum atomic E-state index is -0.735. The smallest absolute Gasteiger partial charge is 0.324 e. The molecular weight excluding hydrogens is 384 g/mol. The molecule has 2 aromatic carbocycles. The summed E-state index contributed by atoms with van der Waals surface area (Å²) in [5.41, 5.74) is 1.55. The summed E-state index contributed by atoms with van der Waals surface area (Å²) in [6, 6.07) is 13.4. The SMILES string of the molecule is O=C(ON1C(=O)c2ccccc2C1=O)c1ccccc1CSC1=NCCS1. The molecule has 0 bridgehead atoms. The molecular formula is C19H14N2O4S2. The Balaban J connectivity index is 1.51. The first kappa shape index (κ1) is 17.8. The minimum absolute atomic E-state index is 0.232. The van der Waals surface area contributed by atoms with Gasteiger partial charge in [-0.05, 0) is 23.8 Å². The molecule has 0 spiro atoms. The Hall–Kier alpha value is -2.58. The van der Waals surface area contributed by atoms with E-state index in [0.717, 1.165) is 22.2 Å². The lowest BCUT2D eigenvalue weighted by Crippen LogP contribution is -2.33. The lowest BCUT2D eigenvalue weighted by molar-refractivity contribution is -0.0585. The van der Waals surface area contributed by atoms with Gasteiger partial charge in [-0.15, -0.1) is 0 Å². The van der Waals surface area contributed by atoms with Gasteiger partial charge in [-0.2, -0.15) is 0 Å². The highest BCUT2D eigenvalue weighted by Crippen LogP contribution is 2.28. The molecule has 0 atom stereocenters. The van der Waals surface area contributed by atoms with Crippen LogP contribution in [-0.2, 0) is 10.6 Å². The Morgan fingerprint density at radius 3 is 2.41 bits per heavy atom. The van der Waals surface area contributed by atoms with E-state index < -0.39 is 17.8 Å². The summed E-state index contributed by atoms with van der Waals surface area (Å²) in [6.07, 6.45) is 0. The highest BCUT2D eigenvalue weighted by atomic mass is 32.2. The molecule has 0 saturated carbocycles. The summed E-state index contributed by atoms with van der Waals surface area (Å²) in [4.78, 5) is 46.9. The number of nitrogens with zero attached hydrogens (tertiary/aromatic N) is 2. The van der Waals surface area contributed by atoms with Gasteiger partial charge in [0.2, 0.25) is 0 Å². The van der Waals surface area contributed by atoms with Crippen LogP contribution in [0.3, 0.4) is 0 Å². The average Bonchev–Trinajstić information content (AvgIpc) is 3.30. The molecule has 2 amide bonds. The topological polar surface area (TPSA) is 76.0 Å². The number of hydroxylamine groups is 2. The van der Waals surface area contributed by atoms with Crippen LogP contribution >= 0.6 is 23.5 Å². The molecule has 0 N–H and O–H groups in total. The number of rotatable bonds is 4. The number of aliphatic imine (C=N–C) groups is 1. The molecule has 0 fully saturated rings. The van der Waals surface area contributed by atoms with Gasteiger partial charge >= 0.3 is 5.97 Å². The molecule has 2 heterocycles. The molecule has 136 valence electrons. The summed E-state index contributed by atoms with van der Waals surface area (Å²) in [5, 5.41) is 0.536. The van der Waals surface area contributed by atoms with Crippen LogP contribution in [0.5, 0.6) is 0 Å². The van der Waals surface area contributed by atoms with Gasteiger partial charge in [-0.25, -0.2) is 4.79 Å². The van der Waals surface area contributed by atoms with E-state index in [2.05, 4.69) is 4.99 Å². The zero-order valence-corrected chi connectivity index (χ0v) is 15.7. The third-order valence-electron chi connectivity index (χ3n) is 4.08. The summed E-state index contributed by atoms with van der Waals surface area (Å²) in [7, 11) is 0. The van der Waals surface area contributed by atoms with Crippen LogP contribution in [0.2, 0.25) is 0 Å². The van der Waals surface area contributed by atoms with Crippen molar-refractivity contribution in [3.05, 3.63) is 70.8 Å². The largest absolute Gasteiger partial charge is 0.364 e. The zero-order valence-electron chi connectivity index (χ0n) is 14.1. The van der Waals surface area contributed by atoms with E-state index in [-0.39, 0.29) is 11.1 Å². The molecule has 2 aliphatic rings. The Labute approximate surface area is 163 Å². The second-order valence-electron chi connectivity index (χ2n) is 5.77. The van der Waals surface area contributed by atoms with Gasteiger partial charge in [-0.1, -0.05) is 58.9 Å². The number of imide groups is 1. The van der Waals surface area contributed by atoms with Crippen molar-refractivity contribution in [2.45, 2.75) is 5.75 Å². The molecule has 2 aliphatic heterocycles. The predicted molar refractivity (Wildman–Crippen MR) is 105 cm³/mol. The highest BCUT2D eigenvalue weighted by molar-refractivity contribution is 8.38. The quantitative estimate of drug-likeness (QED) is 0.735. The van der Waals surface area contributed by atoms with Crippen LogP contribution in [0.15, 0.2) is 53.5 Å². The van der Waals surface area contributed by atoms with Crippen molar-refractivity contribution in [3.8, 4) is 0 Å². The maximum Gasteiger partial charge on any atom is 0.364 e. The highest BCUT2D eigenvalue weighted by Gasteiger charge is 2.39. The van der Waals surface area contributed by atoms with E-state index in [1.54, 1.807) is 47.8 Å². The van der Waals surface area contributed by atoms with Crippen molar-refractivity contribution >= 4 is 45.7 Å². The molecule has 0 radical (unpaired) electrons. The van der Waals surface area contributed by atoms with Gasteiger partial charge < -0.3 is 4.84 Å². The van der Waals surface area contributed by atoms with Gasteiger partial charge in [0, 0.05) is 11.5 Å². The van der Waals surface area contributed by atoms with Crippen LogP contribution < -0.4 is 0 Å². The predicted octanol–water partition coefficient (Wildman–Crippen LogP) is 3.39. The number of amides is 2. The fourth-order valence-electron chi connectivity index (χ4n) is 2.77. The van der Waals surface area contributed by atoms with Gasteiger partial charge in [-0.3, -0.25) is 14.6 Å². The van der Waals surface area contributed by atoms with Crippen molar-refractivity contribution in [1.82, 2.24) is 5.06 Å². The number of hydrogen-bond donors (Lipinski definition) is 0. The number of carbonyl (C=O) groups excluding carboxylic acids is 3.